The molecule has 6 heteroatoms. The zero-order chi connectivity index (χ0) is 14.5. The standard InChI is InChI=1S/C13H19BrN2O3/c1-13(18,9-16(2)3)8-15-12(17)7-5-10-4-6-11(14)19-10/h4-7,18H,8-9H2,1-3H3,(H,15,17)/b7-5+. The lowest BCUT2D eigenvalue weighted by Gasteiger charge is -2.26. The van der Waals surface area contributed by atoms with Crippen LogP contribution < -0.4 is 5.32 Å². The van der Waals surface area contributed by atoms with Crippen molar-refractivity contribution < 1.29 is 14.3 Å². The van der Waals surface area contributed by atoms with E-state index >= 15 is 0 Å². The third kappa shape index (κ3) is 6.56. The number of carbonyl (C=O) groups is 1. The highest BCUT2D eigenvalue weighted by atomic mass is 79.9. The molecule has 1 aromatic rings. The van der Waals surface area contributed by atoms with Gasteiger partial charge >= 0.3 is 0 Å². The molecular weight excluding hydrogens is 312 g/mol. The number of hydrogen-bond acceptors (Lipinski definition) is 4. The Morgan fingerprint density at radius 3 is 2.79 bits per heavy atom. The van der Waals surface area contributed by atoms with Crippen molar-refractivity contribution in [2.45, 2.75) is 12.5 Å². The maximum atomic E-state index is 11.6. The second-order valence-corrected chi connectivity index (χ2v) is 5.71. The smallest absolute Gasteiger partial charge is 0.244 e. The normalized spacial score (nSPS) is 14.8. The summed E-state index contributed by atoms with van der Waals surface area (Å²) >= 11 is 3.18. The molecular formula is C13H19BrN2O3. The van der Waals surface area contributed by atoms with Crippen molar-refractivity contribution in [3.8, 4) is 0 Å². The summed E-state index contributed by atoms with van der Waals surface area (Å²) < 4.78 is 5.84. The number of likely N-dealkylation sites (N-methyl/N-ethyl adjacent to an activating group) is 1. The Balaban J connectivity index is 2.41. The molecule has 0 aliphatic carbocycles. The largest absolute Gasteiger partial charge is 0.450 e. The van der Waals surface area contributed by atoms with Gasteiger partial charge < -0.3 is 19.7 Å². The number of rotatable bonds is 6. The molecule has 0 bridgehead atoms. The second kappa shape index (κ2) is 6.88. The predicted molar refractivity (Wildman–Crippen MR) is 77.6 cm³/mol. The molecule has 0 saturated carbocycles. The van der Waals surface area contributed by atoms with Crippen molar-refractivity contribution in [1.82, 2.24) is 10.2 Å². The summed E-state index contributed by atoms with van der Waals surface area (Å²) in [5.41, 5.74) is -0.958. The number of nitrogens with zero attached hydrogens (tertiary/aromatic N) is 1. The molecule has 0 aliphatic heterocycles. The van der Waals surface area contributed by atoms with Gasteiger partial charge in [-0.25, -0.2) is 0 Å². The van der Waals surface area contributed by atoms with E-state index in [1.54, 1.807) is 25.1 Å². The highest BCUT2D eigenvalue weighted by molar-refractivity contribution is 9.10. The van der Waals surface area contributed by atoms with Crippen LogP contribution in [0.2, 0.25) is 0 Å². The lowest BCUT2D eigenvalue weighted by atomic mass is 10.1. The van der Waals surface area contributed by atoms with Crippen LogP contribution in [0.1, 0.15) is 12.7 Å². The van der Waals surface area contributed by atoms with Gasteiger partial charge in [0.2, 0.25) is 5.91 Å². The first-order valence-corrected chi connectivity index (χ1v) is 6.66. The number of nitrogens with one attached hydrogen (secondary N) is 1. The van der Waals surface area contributed by atoms with Gasteiger partial charge in [-0.05, 0) is 55.2 Å². The van der Waals surface area contributed by atoms with E-state index in [4.69, 9.17) is 4.42 Å². The molecule has 2 N–H and O–H groups in total. The maximum absolute atomic E-state index is 11.6. The van der Waals surface area contributed by atoms with Crippen molar-refractivity contribution in [3.05, 3.63) is 28.6 Å². The molecule has 1 heterocycles. The highest BCUT2D eigenvalue weighted by Crippen LogP contribution is 2.14. The zero-order valence-electron chi connectivity index (χ0n) is 11.3. The number of furan rings is 1. The zero-order valence-corrected chi connectivity index (χ0v) is 12.9. The number of amides is 1. The highest BCUT2D eigenvalue weighted by Gasteiger charge is 2.21. The van der Waals surface area contributed by atoms with Crippen LogP contribution in [-0.4, -0.2) is 48.7 Å². The summed E-state index contributed by atoms with van der Waals surface area (Å²) in [7, 11) is 3.73. The Labute approximate surface area is 121 Å². The second-order valence-electron chi connectivity index (χ2n) is 4.93. The molecule has 0 spiro atoms. The minimum absolute atomic E-state index is 0.191. The van der Waals surface area contributed by atoms with Gasteiger partial charge in [-0.1, -0.05) is 0 Å². The van der Waals surface area contributed by atoms with Crippen LogP contribution in [0.15, 0.2) is 27.3 Å². The molecule has 1 rings (SSSR count). The van der Waals surface area contributed by atoms with E-state index in [0.29, 0.717) is 17.0 Å². The van der Waals surface area contributed by atoms with Gasteiger partial charge in [0, 0.05) is 19.2 Å². The molecule has 1 amide bonds. The van der Waals surface area contributed by atoms with E-state index in [2.05, 4.69) is 21.2 Å². The first kappa shape index (κ1) is 15.9. The van der Waals surface area contributed by atoms with Crippen LogP contribution in [0, 0.1) is 0 Å². The lowest BCUT2D eigenvalue weighted by Crippen LogP contribution is -2.46. The van der Waals surface area contributed by atoms with Crippen molar-refractivity contribution in [3.63, 3.8) is 0 Å². The fourth-order valence-corrected chi connectivity index (χ4v) is 1.97. The molecule has 1 unspecified atom stereocenters. The van der Waals surface area contributed by atoms with Gasteiger partial charge in [0.05, 0.1) is 5.60 Å². The summed E-state index contributed by atoms with van der Waals surface area (Å²) in [5.74, 6) is 0.314. The monoisotopic (exact) mass is 330 g/mol. The third-order valence-electron chi connectivity index (χ3n) is 2.29. The third-order valence-corrected chi connectivity index (χ3v) is 2.72. The van der Waals surface area contributed by atoms with Crippen molar-refractivity contribution in [2.75, 3.05) is 27.2 Å². The quantitative estimate of drug-likeness (QED) is 0.775. The van der Waals surface area contributed by atoms with E-state index < -0.39 is 5.60 Å². The van der Waals surface area contributed by atoms with Gasteiger partial charge in [-0.3, -0.25) is 4.79 Å². The molecule has 0 aromatic carbocycles. The Morgan fingerprint density at radius 2 is 2.26 bits per heavy atom. The Morgan fingerprint density at radius 1 is 1.58 bits per heavy atom. The molecule has 0 saturated heterocycles. The van der Waals surface area contributed by atoms with Crippen LogP contribution in [0.25, 0.3) is 6.08 Å². The Hall–Kier alpha value is -1.11. The average Bonchev–Trinajstić information content (AvgIpc) is 2.68. The minimum atomic E-state index is -0.958. The number of aliphatic hydroxyl groups is 1. The number of halogens is 1. The molecule has 19 heavy (non-hydrogen) atoms. The predicted octanol–water partition coefficient (Wildman–Crippen LogP) is 1.48. The maximum Gasteiger partial charge on any atom is 0.244 e. The molecule has 1 aromatic heterocycles. The number of hydrogen-bond donors (Lipinski definition) is 2. The van der Waals surface area contributed by atoms with Gasteiger partial charge in [-0.15, -0.1) is 0 Å². The average molecular weight is 331 g/mol. The summed E-state index contributed by atoms with van der Waals surface area (Å²) in [4.78, 5) is 13.4. The SMILES string of the molecule is CN(C)CC(C)(O)CNC(=O)/C=C/c1ccc(Br)o1. The fraction of sp³-hybridized carbons (Fsp3) is 0.462. The molecule has 106 valence electrons. The van der Waals surface area contributed by atoms with E-state index in [9.17, 15) is 9.90 Å². The van der Waals surface area contributed by atoms with Gasteiger partial charge in [0.1, 0.15) is 5.76 Å². The van der Waals surface area contributed by atoms with Crippen LogP contribution >= 0.6 is 15.9 Å². The molecule has 0 fully saturated rings. The fourth-order valence-electron chi connectivity index (χ4n) is 1.65. The summed E-state index contributed by atoms with van der Waals surface area (Å²) in [6, 6.07) is 3.50. The van der Waals surface area contributed by atoms with Crippen LogP contribution in [0.4, 0.5) is 0 Å². The van der Waals surface area contributed by atoms with Gasteiger partial charge in [0.25, 0.3) is 0 Å². The summed E-state index contributed by atoms with van der Waals surface area (Å²) in [5, 5.41) is 12.7. The van der Waals surface area contributed by atoms with E-state index in [-0.39, 0.29) is 12.5 Å². The first-order valence-electron chi connectivity index (χ1n) is 5.87. The molecule has 0 aliphatic rings. The number of carbonyl (C=O) groups excluding carboxylic acids is 1. The first-order chi connectivity index (χ1) is 8.78. The minimum Gasteiger partial charge on any atom is -0.450 e. The van der Waals surface area contributed by atoms with E-state index in [1.807, 2.05) is 19.0 Å². The van der Waals surface area contributed by atoms with Crippen molar-refractivity contribution in [1.29, 1.82) is 0 Å². The summed E-state index contributed by atoms with van der Waals surface area (Å²) in [6.07, 6.45) is 2.94. The van der Waals surface area contributed by atoms with E-state index in [1.165, 1.54) is 6.08 Å². The van der Waals surface area contributed by atoms with Crippen LogP contribution in [0.3, 0.4) is 0 Å². The lowest BCUT2D eigenvalue weighted by molar-refractivity contribution is -0.117. The topological polar surface area (TPSA) is 65.7 Å². The van der Waals surface area contributed by atoms with Crippen LogP contribution in [0.5, 0.6) is 0 Å². The Bertz CT molecular complexity index is 452. The summed E-state index contributed by atoms with van der Waals surface area (Å²) in [6.45, 7) is 2.35. The molecule has 1 atom stereocenters. The van der Waals surface area contributed by atoms with Gasteiger partial charge in [-0.2, -0.15) is 0 Å². The van der Waals surface area contributed by atoms with E-state index in [0.717, 1.165) is 0 Å². The Kier molecular flexibility index (Phi) is 5.78. The van der Waals surface area contributed by atoms with Crippen molar-refractivity contribution in [2.24, 2.45) is 0 Å². The molecule has 5 nitrogen and oxygen atoms in total. The van der Waals surface area contributed by atoms with Crippen molar-refractivity contribution >= 4 is 27.9 Å². The van der Waals surface area contributed by atoms with Gasteiger partial charge in [0.15, 0.2) is 4.67 Å². The molecule has 0 radical (unpaired) electrons. The van der Waals surface area contributed by atoms with Crippen LogP contribution in [-0.2, 0) is 4.79 Å².